The maximum absolute atomic E-state index is 11.3. The first-order valence-electron chi connectivity index (χ1n) is 6.40. The van der Waals surface area contributed by atoms with Crippen LogP contribution in [0.25, 0.3) is 0 Å². The summed E-state index contributed by atoms with van der Waals surface area (Å²) in [6.07, 6.45) is 5.70. The van der Waals surface area contributed by atoms with Crippen molar-refractivity contribution in [1.29, 1.82) is 0 Å². The number of rotatable bonds is 4. The van der Waals surface area contributed by atoms with Gasteiger partial charge in [0.1, 0.15) is 0 Å². The summed E-state index contributed by atoms with van der Waals surface area (Å²) in [7, 11) is 0. The molecule has 1 saturated carbocycles. The van der Waals surface area contributed by atoms with E-state index in [9.17, 15) is 4.79 Å². The number of amides is 2. The van der Waals surface area contributed by atoms with Gasteiger partial charge in [0.2, 0.25) is 0 Å². The quantitative estimate of drug-likeness (QED) is 0.683. The van der Waals surface area contributed by atoms with E-state index in [1.807, 2.05) is 6.92 Å². The largest absolute Gasteiger partial charge is 0.338 e. The summed E-state index contributed by atoms with van der Waals surface area (Å²) < 4.78 is 0. The lowest BCUT2D eigenvalue weighted by molar-refractivity contribution is 0.213. The van der Waals surface area contributed by atoms with Crippen LogP contribution in [0.5, 0.6) is 0 Å². The van der Waals surface area contributed by atoms with Crippen molar-refractivity contribution in [1.82, 2.24) is 10.6 Å². The second-order valence-electron chi connectivity index (χ2n) is 4.93. The molecule has 0 saturated heterocycles. The minimum absolute atomic E-state index is 0.107. The zero-order valence-corrected chi connectivity index (χ0v) is 10.5. The molecule has 4 N–H and O–H groups in total. The highest BCUT2D eigenvalue weighted by Crippen LogP contribution is 2.31. The van der Waals surface area contributed by atoms with Crippen molar-refractivity contribution in [2.45, 2.75) is 51.5 Å². The van der Waals surface area contributed by atoms with Crippen LogP contribution in [-0.2, 0) is 0 Å². The van der Waals surface area contributed by atoms with Crippen molar-refractivity contribution in [3.05, 3.63) is 0 Å². The Morgan fingerprint density at radius 2 is 1.94 bits per heavy atom. The Kier molecular flexibility index (Phi) is 5.06. The zero-order chi connectivity index (χ0) is 12.0. The lowest BCUT2D eigenvalue weighted by Gasteiger charge is -2.37. The van der Waals surface area contributed by atoms with Gasteiger partial charge in [-0.3, -0.25) is 0 Å². The van der Waals surface area contributed by atoms with Gasteiger partial charge in [-0.15, -0.1) is 0 Å². The minimum atomic E-state index is -0.184. The number of carbonyl (C=O) groups excluding carboxylic acids is 1. The van der Waals surface area contributed by atoms with E-state index in [-0.39, 0.29) is 11.6 Å². The van der Waals surface area contributed by atoms with Gasteiger partial charge in [0.25, 0.3) is 0 Å². The number of carbonyl (C=O) groups is 1. The van der Waals surface area contributed by atoms with Gasteiger partial charge >= 0.3 is 6.03 Å². The second kappa shape index (κ2) is 6.09. The maximum Gasteiger partial charge on any atom is 0.314 e. The predicted octanol–water partition coefficient (Wildman–Crippen LogP) is 1.60. The average molecular weight is 227 g/mol. The van der Waals surface area contributed by atoms with Crippen LogP contribution in [0.2, 0.25) is 0 Å². The van der Waals surface area contributed by atoms with Gasteiger partial charge in [0.05, 0.1) is 0 Å². The van der Waals surface area contributed by atoms with E-state index in [2.05, 4.69) is 17.6 Å². The van der Waals surface area contributed by atoms with Gasteiger partial charge < -0.3 is 16.4 Å². The molecule has 1 fully saturated rings. The first kappa shape index (κ1) is 13.3. The van der Waals surface area contributed by atoms with Gasteiger partial charge in [0, 0.05) is 18.6 Å². The summed E-state index contributed by atoms with van der Waals surface area (Å²) in [5, 5.41) is 5.57. The molecule has 2 amide bonds. The lowest BCUT2D eigenvalue weighted by atomic mass is 9.76. The van der Waals surface area contributed by atoms with E-state index in [0.717, 1.165) is 18.8 Å². The van der Waals surface area contributed by atoms with Gasteiger partial charge in [-0.05, 0) is 38.5 Å². The second-order valence-corrected chi connectivity index (χ2v) is 4.93. The van der Waals surface area contributed by atoms with Crippen molar-refractivity contribution in [2.24, 2.45) is 11.7 Å². The highest BCUT2D eigenvalue weighted by atomic mass is 16.2. The van der Waals surface area contributed by atoms with Gasteiger partial charge in [-0.25, -0.2) is 4.79 Å². The van der Waals surface area contributed by atoms with Crippen molar-refractivity contribution < 1.29 is 4.79 Å². The molecular weight excluding hydrogens is 202 g/mol. The monoisotopic (exact) mass is 227 g/mol. The zero-order valence-electron chi connectivity index (χ0n) is 10.5. The molecule has 0 aromatic heterocycles. The molecule has 16 heavy (non-hydrogen) atoms. The third kappa shape index (κ3) is 4.00. The van der Waals surface area contributed by atoms with Crippen LogP contribution in [0.1, 0.15) is 46.0 Å². The average Bonchev–Trinajstić information content (AvgIpc) is 2.28. The molecule has 0 aromatic carbocycles. The van der Waals surface area contributed by atoms with Crippen LogP contribution >= 0.6 is 0 Å². The topological polar surface area (TPSA) is 67.2 Å². The van der Waals surface area contributed by atoms with E-state index in [0.29, 0.717) is 13.1 Å². The lowest BCUT2D eigenvalue weighted by Crippen LogP contribution is -2.53. The highest BCUT2D eigenvalue weighted by molar-refractivity contribution is 5.73. The van der Waals surface area contributed by atoms with Crippen molar-refractivity contribution >= 4 is 6.03 Å². The number of nitrogens with two attached hydrogens (primary N) is 1. The molecule has 4 nitrogen and oxygen atoms in total. The first-order valence-corrected chi connectivity index (χ1v) is 6.40. The van der Waals surface area contributed by atoms with E-state index in [4.69, 9.17) is 5.73 Å². The number of urea groups is 1. The predicted molar refractivity (Wildman–Crippen MR) is 66.2 cm³/mol. The van der Waals surface area contributed by atoms with E-state index < -0.39 is 0 Å². The normalized spacial score (nSPS) is 29.8. The number of nitrogens with one attached hydrogen (secondary N) is 2. The van der Waals surface area contributed by atoms with Crippen molar-refractivity contribution in [2.75, 3.05) is 13.1 Å². The standard InChI is InChI=1S/C12H25N3O/c1-3-10-5-7-12(13,8-6-10)9-15-11(16)14-4-2/h10H,3-9,13H2,1-2H3,(H2,14,15,16). The molecule has 0 radical (unpaired) electrons. The summed E-state index contributed by atoms with van der Waals surface area (Å²) in [6.45, 7) is 5.39. The molecule has 0 aliphatic heterocycles. The molecule has 1 rings (SSSR count). The van der Waals surface area contributed by atoms with Crippen molar-refractivity contribution in [3.8, 4) is 0 Å². The molecule has 0 bridgehead atoms. The van der Waals surface area contributed by atoms with Gasteiger partial charge in [-0.2, -0.15) is 0 Å². The summed E-state index contributed by atoms with van der Waals surface area (Å²) in [4.78, 5) is 11.3. The Morgan fingerprint density at radius 1 is 1.31 bits per heavy atom. The molecular formula is C12H25N3O. The van der Waals surface area contributed by atoms with Crippen LogP contribution in [0.3, 0.4) is 0 Å². The molecule has 4 heteroatoms. The van der Waals surface area contributed by atoms with Gasteiger partial charge in [0.15, 0.2) is 0 Å². The fraction of sp³-hybridized carbons (Fsp3) is 0.917. The molecule has 94 valence electrons. The molecule has 1 aliphatic carbocycles. The summed E-state index contributed by atoms with van der Waals surface area (Å²) in [5.74, 6) is 0.834. The Labute approximate surface area is 98.3 Å². The summed E-state index contributed by atoms with van der Waals surface area (Å²) >= 11 is 0. The first-order chi connectivity index (χ1) is 7.59. The molecule has 0 spiro atoms. The van der Waals surface area contributed by atoms with Crippen LogP contribution in [0, 0.1) is 5.92 Å². The Balaban J connectivity index is 2.28. The number of hydrogen-bond donors (Lipinski definition) is 3. The third-order valence-electron chi connectivity index (χ3n) is 3.62. The summed E-state index contributed by atoms with van der Waals surface area (Å²) in [5.41, 5.74) is 6.09. The highest BCUT2D eigenvalue weighted by Gasteiger charge is 2.31. The minimum Gasteiger partial charge on any atom is -0.338 e. The molecule has 0 aromatic rings. The van der Waals surface area contributed by atoms with Crippen molar-refractivity contribution in [3.63, 3.8) is 0 Å². The SMILES string of the molecule is CCNC(=O)NCC1(N)CCC(CC)CC1. The van der Waals surface area contributed by atoms with Crippen LogP contribution in [0.15, 0.2) is 0 Å². The molecule has 1 aliphatic rings. The third-order valence-corrected chi connectivity index (χ3v) is 3.62. The molecule has 0 atom stereocenters. The van der Waals surface area contributed by atoms with Crippen LogP contribution in [0.4, 0.5) is 4.79 Å². The van der Waals surface area contributed by atoms with E-state index in [1.54, 1.807) is 0 Å². The maximum atomic E-state index is 11.3. The Hall–Kier alpha value is -0.770. The Morgan fingerprint density at radius 3 is 2.44 bits per heavy atom. The van der Waals surface area contributed by atoms with E-state index in [1.165, 1.54) is 19.3 Å². The van der Waals surface area contributed by atoms with E-state index >= 15 is 0 Å². The fourth-order valence-electron chi connectivity index (χ4n) is 2.32. The fourth-order valence-corrected chi connectivity index (χ4v) is 2.32. The molecule has 0 heterocycles. The smallest absolute Gasteiger partial charge is 0.314 e. The van der Waals surface area contributed by atoms with Crippen LogP contribution in [-0.4, -0.2) is 24.7 Å². The molecule has 0 unspecified atom stereocenters. The number of hydrogen-bond acceptors (Lipinski definition) is 2. The summed E-state index contributed by atoms with van der Waals surface area (Å²) in [6, 6.07) is -0.107. The Bertz CT molecular complexity index is 222. The van der Waals surface area contributed by atoms with Crippen LogP contribution < -0.4 is 16.4 Å². The van der Waals surface area contributed by atoms with Gasteiger partial charge in [-0.1, -0.05) is 13.3 Å².